The number of halogens is 1. The van der Waals surface area contributed by atoms with Gasteiger partial charge in [0.05, 0.1) is 11.2 Å². The van der Waals surface area contributed by atoms with E-state index in [1.54, 1.807) is 24.2 Å². The molecule has 6 nitrogen and oxygen atoms in total. The molecule has 0 radical (unpaired) electrons. The van der Waals surface area contributed by atoms with Crippen LogP contribution < -0.4 is 5.46 Å². The molecule has 0 spiro atoms. The minimum Gasteiger partial charge on any atom is -0.399 e. The van der Waals surface area contributed by atoms with Crippen LogP contribution in [0.2, 0.25) is 0 Å². The van der Waals surface area contributed by atoms with Crippen molar-refractivity contribution in [1.29, 1.82) is 0 Å². The van der Waals surface area contributed by atoms with E-state index in [9.17, 15) is 4.79 Å². The molecular formula is C19H29BClN3O3S. The van der Waals surface area contributed by atoms with Crippen LogP contribution in [0.5, 0.6) is 0 Å². The SMILES string of the molecule is CC1(C)OB(c2cnc(SCC[C@@H]3CCCN(C(=O)CCl)C3)nc2)OC1(C)C. The molecule has 2 aliphatic rings. The van der Waals surface area contributed by atoms with Gasteiger partial charge in [-0.25, -0.2) is 9.97 Å². The Kier molecular flexibility index (Phi) is 6.95. The van der Waals surface area contributed by atoms with Crippen molar-refractivity contribution in [3.8, 4) is 0 Å². The van der Waals surface area contributed by atoms with Gasteiger partial charge >= 0.3 is 7.12 Å². The van der Waals surface area contributed by atoms with Crippen molar-refractivity contribution in [3.05, 3.63) is 12.4 Å². The van der Waals surface area contributed by atoms with Gasteiger partial charge in [0.25, 0.3) is 0 Å². The average Bonchev–Trinajstić information content (AvgIpc) is 2.89. The Balaban J connectivity index is 1.47. The second-order valence-electron chi connectivity index (χ2n) is 8.51. The Morgan fingerprint density at radius 3 is 2.54 bits per heavy atom. The highest BCUT2D eigenvalue weighted by Gasteiger charge is 2.51. The zero-order chi connectivity index (χ0) is 20.4. The standard InChI is InChI=1S/C19H29BClN3O3S/c1-18(2)19(3,4)27-20(26-18)15-11-22-17(23-12-15)28-9-7-14-6-5-8-24(13-14)16(25)10-21/h11-12,14H,5-10,13H2,1-4H3/t14-/m0/s1. The molecule has 1 amide bonds. The van der Waals surface area contributed by atoms with E-state index in [4.69, 9.17) is 20.9 Å². The normalized spacial score (nSPS) is 23.8. The summed E-state index contributed by atoms with van der Waals surface area (Å²) >= 11 is 7.33. The number of hydrogen-bond acceptors (Lipinski definition) is 6. The van der Waals surface area contributed by atoms with Gasteiger partial charge in [0.2, 0.25) is 5.91 Å². The van der Waals surface area contributed by atoms with Gasteiger partial charge in [-0.1, -0.05) is 11.8 Å². The largest absolute Gasteiger partial charge is 0.498 e. The maximum Gasteiger partial charge on any atom is 0.498 e. The third-order valence-electron chi connectivity index (χ3n) is 5.92. The van der Waals surface area contributed by atoms with Crippen molar-refractivity contribution < 1.29 is 14.1 Å². The number of carbonyl (C=O) groups excluding carboxylic acids is 1. The molecule has 28 heavy (non-hydrogen) atoms. The summed E-state index contributed by atoms with van der Waals surface area (Å²) in [4.78, 5) is 22.6. The average molecular weight is 426 g/mol. The van der Waals surface area contributed by atoms with Gasteiger partial charge in [-0.15, -0.1) is 11.6 Å². The van der Waals surface area contributed by atoms with Gasteiger partial charge in [-0.3, -0.25) is 4.79 Å². The summed E-state index contributed by atoms with van der Waals surface area (Å²) in [5.74, 6) is 1.58. The lowest BCUT2D eigenvalue weighted by Crippen LogP contribution is -2.41. The van der Waals surface area contributed by atoms with Gasteiger partial charge in [-0.2, -0.15) is 0 Å². The maximum atomic E-state index is 11.8. The minimum atomic E-state index is -0.434. The smallest absolute Gasteiger partial charge is 0.399 e. The monoisotopic (exact) mass is 425 g/mol. The molecule has 0 saturated carbocycles. The number of piperidine rings is 1. The molecule has 1 aromatic heterocycles. The molecule has 0 aliphatic carbocycles. The molecule has 2 aliphatic heterocycles. The lowest BCUT2D eigenvalue weighted by atomic mass is 9.81. The number of alkyl halides is 1. The van der Waals surface area contributed by atoms with Crippen molar-refractivity contribution in [1.82, 2.24) is 14.9 Å². The third-order valence-corrected chi connectivity index (χ3v) is 7.05. The highest BCUT2D eigenvalue weighted by molar-refractivity contribution is 7.99. The fourth-order valence-corrected chi connectivity index (χ4v) is 4.49. The molecule has 1 atom stereocenters. The van der Waals surface area contributed by atoms with Crippen LogP contribution in [0.1, 0.15) is 47.0 Å². The van der Waals surface area contributed by atoms with Crippen LogP contribution in [0.15, 0.2) is 17.6 Å². The molecule has 0 bridgehead atoms. The van der Waals surface area contributed by atoms with E-state index in [1.807, 2.05) is 32.6 Å². The van der Waals surface area contributed by atoms with E-state index < -0.39 is 7.12 Å². The molecule has 2 saturated heterocycles. The number of hydrogen-bond donors (Lipinski definition) is 0. The Morgan fingerprint density at radius 2 is 1.93 bits per heavy atom. The van der Waals surface area contributed by atoms with Crippen LogP contribution in [0.25, 0.3) is 0 Å². The molecule has 3 rings (SSSR count). The summed E-state index contributed by atoms with van der Waals surface area (Å²) < 4.78 is 12.1. The number of thioether (sulfide) groups is 1. The quantitative estimate of drug-likeness (QED) is 0.302. The zero-order valence-corrected chi connectivity index (χ0v) is 18.7. The number of carbonyl (C=O) groups is 1. The summed E-state index contributed by atoms with van der Waals surface area (Å²) in [7, 11) is -0.434. The number of amides is 1. The predicted octanol–water partition coefficient (Wildman–Crippen LogP) is 2.74. The number of aromatic nitrogens is 2. The molecule has 154 valence electrons. The van der Waals surface area contributed by atoms with Crippen molar-refractivity contribution in [3.63, 3.8) is 0 Å². The van der Waals surface area contributed by atoms with E-state index in [-0.39, 0.29) is 23.0 Å². The zero-order valence-electron chi connectivity index (χ0n) is 17.1. The Bertz CT molecular complexity index is 674. The van der Waals surface area contributed by atoms with Crippen LogP contribution in [0, 0.1) is 5.92 Å². The molecular weight excluding hydrogens is 397 g/mol. The maximum absolute atomic E-state index is 11.8. The highest BCUT2D eigenvalue weighted by Crippen LogP contribution is 2.36. The van der Waals surface area contributed by atoms with Crippen LogP contribution in [0.3, 0.4) is 0 Å². The van der Waals surface area contributed by atoms with E-state index in [0.29, 0.717) is 5.92 Å². The topological polar surface area (TPSA) is 64.5 Å². The van der Waals surface area contributed by atoms with Gasteiger partial charge in [0.1, 0.15) is 5.88 Å². The van der Waals surface area contributed by atoms with E-state index in [1.165, 1.54) is 0 Å². The molecule has 2 fully saturated rings. The first-order valence-corrected chi connectivity index (χ1v) is 11.4. The van der Waals surface area contributed by atoms with Crippen molar-refractivity contribution in [2.75, 3.05) is 24.7 Å². The molecule has 3 heterocycles. The lowest BCUT2D eigenvalue weighted by Gasteiger charge is -2.32. The van der Waals surface area contributed by atoms with E-state index in [0.717, 1.165) is 48.7 Å². The molecule has 1 aromatic rings. The fourth-order valence-electron chi connectivity index (χ4n) is 3.43. The molecule has 9 heteroatoms. The first kappa shape index (κ1) is 21.9. The molecule has 0 N–H and O–H groups in total. The first-order valence-electron chi connectivity index (χ1n) is 9.86. The van der Waals surface area contributed by atoms with Gasteiger partial charge in [-0.05, 0) is 52.9 Å². The number of nitrogens with zero attached hydrogens (tertiary/aromatic N) is 3. The van der Waals surface area contributed by atoms with E-state index in [2.05, 4.69) is 9.97 Å². The lowest BCUT2D eigenvalue weighted by molar-refractivity contribution is -0.130. The summed E-state index contributed by atoms with van der Waals surface area (Å²) in [5.41, 5.74) is 0.0960. The predicted molar refractivity (Wildman–Crippen MR) is 113 cm³/mol. The van der Waals surface area contributed by atoms with E-state index >= 15 is 0 Å². The Morgan fingerprint density at radius 1 is 1.29 bits per heavy atom. The van der Waals surface area contributed by atoms with Gasteiger partial charge < -0.3 is 14.2 Å². The Labute approximate surface area is 177 Å². The highest BCUT2D eigenvalue weighted by atomic mass is 35.5. The summed E-state index contributed by atoms with van der Waals surface area (Å²) in [6, 6.07) is 0. The number of rotatable bonds is 6. The second kappa shape index (κ2) is 8.90. The van der Waals surface area contributed by atoms with Gasteiger partial charge in [0.15, 0.2) is 5.16 Å². The Hall–Kier alpha value is -0.825. The van der Waals surface area contributed by atoms with Gasteiger partial charge in [0, 0.05) is 36.7 Å². The molecule has 0 aromatic carbocycles. The summed E-state index contributed by atoms with van der Waals surface area (Å²) in [6.45, 7) is 9.78. The van der Waals surface area contributed by atoms with Crippen LogP contribution in [-0.2, 0) is 14.1 Å². The first-order chi connectivity index (χ1) is 13.2. The second-order valence-corrected chi connectivity index (χ2v) is 9.84. The molecule has 0 unspecified atom stereocenters. The number of likely N-dealkylation sites (tertiary alicyclic amines) is 1. The van der Waals surface area contributed by atoms with Crippen LogP contribution in [0.4, 0.5) is 0 Å². The fraction of sp³-hybridized carbons (Fsp3) is 0.737. The summed E-state index contributed by atoms with van der Waals surface area (Å²) in [6.07, 6.45) is 6.84. The third kappa shape index (κ3) is 5.01. The van der Waals surface area contributed by atoms with Crippen LogP contribution >= 0.6 is 23.4 Å². The van der Waals surface area contributed by atoms with Crippen molar-refractivity contribution >= 4 is 41.9 Å². The summed E-state index contributed by atoms with van der Waals surface area (Å²) in [5, 5.41) is 0.754. The van der Waals surface area contributed by atoms with Crippen LogP contribution in [-0.4, -0.2) is 63.8 Å². The van der Waals surface area contributed by atoms with Crippen molar-refractivity contribution in [2.24, 2.45) is 5.92 Å². The minimum absolute atomic E-state index is 0.0423. The van der Waals surface area contributed by atoms with Crippen molar-refractivity contribution in [2.45, 2.75) is 63.3 Å².